The molecule has 0 saturated heterocycles. The topological polar surface area (TPSA) is 68.0 Å². The van der Waals surface area contributed by atoms with Gasteiger partial charge in [-0.25, -0.2) is 13.9 Å². The number of hydrogen-bond acceptors (Lipinski definition) is 3. The van der Waals surface area contributed by atoms with E-state index in [1.54, 1.807) is 0 Å². The molecule has 3 rings (SSSR count). The number of aromatic carboxylic acids is 1. The first-order valence-corrected chi connectivity index (χ1v) is 6.10. The van der Waals surface area contributed by atoms with Crippen molar-refractivity contribution in [2.45, 2.75) is 18.8 Å². The molecule has 0 radical (unpaired) electrons. The summed E-state index contributed by atoms with van der Waals surface area (Å²) >= 11 is 5.73. The third-order valence-electron chi connectivity index (χ3n) is 3.02. The Morgan fingerprint density at radius 2 is 2.21 bits per heavy atom. The zero-order chi connectivity index (χ0) is 13.6. The summed E-state index contributed by atoms with van der Waals surface area (Å²) in [4.78, 5) is 11.1. The lowest BCUT2D eigenvalue weighted by Crippen LogP contribution is -2.06. The highest BCUT2D eigenvalue weighted by atomic mass is 35.5. The van der Waals surface area contributed by atoms with Crippen LogP contribution in [-0.2, 0) is 0 Å². The number of aromatic nitrogens is 3. The standard InChI is InChI=1S/C12H9ClFN3O2/c13-8-5-7(3-4-9(8)14)17-11(6-1-2-6)10(12(18)19)15-16-17/h3-6H,1-2H2,(H,18,19). The maximum absolute atomic E-state index is 13.1. The fourth-order valence-corrected chi connectivity index (χ4v) is 2.15. The molecule has 0 atom stereocenters. The van der Waals surface area contributed by atoms with E-state index in [1.807, 2.05) is 0 Å². The van der Waals surface area contributed by atoms with Gasteiger partial charge in [0.25, 0.3) is 0 Å². The molecule has 1 fully saturated rings. The highest BCUT2D eigenvalue weighted by molar-refractivity contribution is 6.30. The van der Waals surface area contributed by atoms with Crippen LogP contribution in [0.2, 0.25) is 5.02 Å². The lowest BCUT2D eigenvalue weighted by molar-refractivity contribution is 0.0689. The van der Waals surface area contributed by atoms with Crippen molar-refractivity contribution in [2.24, 2.45) is 0 Å². The van der Waals surface area contributed by atoms with E-state index in [2.05, 4.69) is 10.3 Å². The molecule has 0 amide bonds. The predicted molar refractivity (Wildman–Crippen MR) is 65.3 cm³/mol. The zero-order valence-electron chi connectivity index (χ0n) is 9.68. The van der Waals surface area contributed by atoms with Gasteiger partial charge >= 0.3 is 5.97 Å². The summed E-state index contributed by atoms with van der Waals surface area (Å²) in [7, 11) is 0. The van der Waals surface area contributed by atoms with Crippen LogP contribution in [-0.4, -0.2) is 26.1 Å². The molecule has 1 N–H and O–H groups in total. The van der Waals surface area contributed by atoms with Gasteiger partial charge in [-0.3, -0.25) is 0 Å². The minimum absolute atomic E-state index is 0.0355. The van der Waals surface area contributed by atoms with Crippen LogP contribution in [0.15, 0.2) is 18.2 Å². The Morgan fingerprint density at radius 1 is 1.47 bits per heavy atom. The first-order chi connectivity index (χ1) is 9.08. The Labute approximate surface area is 112 Å². The lowest BCUT2D eigenvalue weighted by atomic mass is 10.2. The van der Waals surface area contributed by atoms with Crippen LogP contribution in [0.1, 0.15) is 34.9 Å². The van der Waals surface area contributed by atoms with E-state index in [1.165, 1.54) is 22.9 Å². The predicted octanol–water partition coefficient (Wildman–Crippen LogP) is 2.64. The minimum Gasteiger partial charge on any atom is -0.476 e. The number of rotatable bonds is 3. The van der Waals surface area contributed by atoms with E-state index in [9.17, 15) is 9.18 Å². The van der Waals surface area contributed by atoms with Gasteiger partial charge in [0.1, 0.15) is 5.82 Å². The van der Waals surface area contributed by atoms with E-state index >= 15 is 0 Å². The van der Waals surface area contributed by atoms with E-state index in [0.717, 1.165) is 12.8 Å². The van der Waals surface area contributed by atoms with E-state index < -0.39 is 11.8 Å². The summed E-state index contributed by atoms with van der Waals surface area (Å²) in [6.45, 7) is 0. The van der Waals surface area contributed by atoms with Crippen LogP contribution in [0.25, 0.3) is 5.69 Å². The van der Waals surface area contributed by atoms with Crippen LogP contribution < -0.4 is 0 Å². The van der Waals surface area contributed by atoms with Crippen LogP contribution >= 0.6 is 11.6 Å². The number of benzene rings is 1. The Hall–Kier alpha value is -1.95. The summed E-state index contributed by atoms with van der Waals surface area (Å²) in [6.07, 6.45) is 1.81. The minimum atomic E-state index is -1.11. The fourth-order valence-electron chi connectivity index (χ4n) is 1.97. The molecule has 0 unspecified atom stereocenters. The second-order valence-corrected chi connectivity index (χ2v) is 4.82. The third-order valence-corrected chi connectivity index (χ3v) is 3.31. The Morgan fingerprint density at radius 3 is 2.79 bits per heavy atom. The van der Waals surface area contributed by atoms with Crippen molar-refractivity contribution in [3.8, 4) is 5.69 Å². The summed E-state index contributed by atoms with van der Waals surface area (Å²) in [5.74, 6) is -1.50. The molecule has 2 aromatic rings. The molecule has 1 aliphatic carbocycles. The third kappa shape index (κ3) is 2.08. The van der Waals surface area contributed by atoms with Crippen molar-refractivity contribution in [3.05, 3.63) is 40.4 Å². The summed E-state index contributed by atoms with van der Waals surface area (Å²) in [5.41, 5.74) is 1.01. The Bertz CT molecular complexity index is 667. The van der Waals surface area contributed by atoms with Gasteiger partial charge in [-0.05, 0) is 31.0 Å². The van der Waals surface area contributed by atoms with E-state index in [4.69, 9.17) is 16.7 Å². The van der Waals surface area contributed by atoms with E-state index in [0.29, 0.717) is 11.4 Å². The zero-order valence-corrected chi connectivity index (χ0v) is 10.4. The first kappa shape index (κ1) is 12.1. The quantitative estimate of drug-likeness (QED) is 0.939. The van der Waals surface area contributed by atoms with Crippen molar-refractivity contribution in [2.75, 3.05) is 0 Å². The van der Waals surface area contributed by atoms with Crippen LogP contribution in [0.3, 0.4) is 0 Å². The van der Waals surface area contributed by atoms with Crippen molar-refractivity contribution >= 4 is 17.6 Å². The van der Waals surface area contributed by atoms with Crippen LogP contribution in [0.4, 0.5) is 4.39 Å². The Balaban J connectivity index is 2.14. The molecule has 1 heterocycles. The van der Waals surface area contributed by atoms with Gasteiger partial charge in [-0.15, -0.1) is 5.10 Å². The van der Waals surface area contributed by atoms with Gasteiger partial charge in [0.15, 0.2) is 5.69 Å². The largest absolute Gasteiger partial charge is 0.476 e. The van der Waals surface area contributed by atoms with Crippen LogP contribution in [0, 0.1) is 5.82 Å². The SMILES string of the molecule is O=C(O)c1nnn(-c2ccc(F)c(Cl)c2)c1C1CC1. The fraction of sp³-hybridized carbons (Fsp3) is 0.250. The van der Waals surface area contributed by atoms with E-state index in [-0.39, 0.29) is 16.6 Å². The molecular weight excluding hydrogens is 273 g/mol. The molecule has 0 bridgehead atoms. The van der Waals surface area contributed by atoms with Crippen molar-refractivity contribution in [3.63, 3.8) is 0 Å². The van der Waals surface area contributed by atoms with Gasteiger partial charge in [-0.2, -0.15) is 0 Å². The molecule has 5 nitrogen and oxygen atoms in total. The molecule has 19 heavy (non-hydrogen) atoms. The number of carboxylic acid groups (broad SMARTS) is 1. The van der Waals surface area contributed by atoms with Gasteiger partial charge in [0.05, 0.1) is 16.4 Å². The second kappa shape index (κ2) is 4.31. The second-order valence-electron chi connectivity index (χ2n) is 4.41. The maximum atomic E-state index is 13.1. The van der Waals surface area contributed by atoms with Crippen molar-refractivity contribution in [1.29, 1.82) is 0 Å². The lowest BCUT2D eigenvalue weighted by Gasteiger charge is -2.06. The average molecular weight is 282 g/mol. The number of carbonyl (C=O) groups is 1. The van der Waals surface area contributed by atoms with Gasteiger partial charge < -0.3 is 5.11 Å². The molecule has 7 heteroatoms. The number of carboxylic acids is 1. The Kier molecular flexibility index (Phi) is 2.74. The van der Waals surface area contributed by atoms with Crippen LogP contribution in [0.5, 0.6) is 0 Å². The average Bonchev–Trinajstić information content (AvgIpc) is 3.11. The highest BCUT2D eigenvalue weighted by Gasteiger charge is 2.34. The van der Waals surface area contributed by atoms with Gasteiger partial charge in [-0.1, -0.05) is 16.8 Å². The summed E-state index contributed by atoms with van der Waals surface area (Å²) in [5, 5.41) is 16.6. The monoisotopic (exact) mass is 281 g/mol. The van der Waals surface area contributed by atoms with Crippen molar-refractivity contribution < 1.29 is 14.3 Å². The molecule has 0 spiro atoms. The maximum Gasteiger partial charge on any atom is 0.358 e. The molecule has 1 aliphatic rings. The smallest absolute Gasteiger partial charge is 0.358 e. The summed E-state index contributed by atoms with van der Waals surface area (Å²) in [6, 6.07) is 4.12. The number of nitrogens with zero attached hydrogens (tertiary/aromatic N) is 3. The molecular formula is C12H9ClFN3O2. The number of halogens is 2. The molecule has 1 aromatic carbocycles. The molecule has 98 valence electrons. The highest BCUT2D eigenvalue weighted by Crippen LogP contribution is 2.42. The van der Waals surface area contributed by atoms with Gasteiger partial charge in [0.2, 0.25) is 0 Å². The van der Waals surface area contributed by atoms with Crippen molar-refractivity contribution in [1.82, 2.24) is 15.0 Å². The molecule has 1 aromatic heterocycles. The normalized spacial score (nSPS) is 14.6. The number of hydrogen-bond donors (Lipinski definition) is 1. The molecule has 1 saturated carbocycles. The summed E-state index contributed by atoms with van der Waals surface area (Å²) < 4.78 is 14.6. The van der Waals surface area contributed by atoms with Gasteiger partial charge in [0, 0.05) is 5.92 Å². The molecule has 0 aliphatic heterocycles. The first-order valence-electron chi connectivity index (χ1n) is 5.72.